The summed E-state index contributed by atoms with van der Waals surface area (Å²) in [7, 11) is 0. The molecular formula is C18H28O2. The predicted molar refractivity (Wildman–Crippen MR) is 84.2 cm³/mol. The van der Waals surface area contributed by atoms with Gasteiger partial charge in [0.2, 0.25) is 0 Å². The standard InChI is InChI=1S/C18H28O2/c1-3-4-5-6-7-8-9-10-11-14-17(2)15-12-13-16-18(19)20/h17H,3-8,11-12,14-15H2,1-2H3,(H,19,20)/t17-/m1/s1. The fourth-order valence-corrected chi connectivity index (χ4v) is 1.91. The number of aliphatic carboxylic acids is 1. The molecule has 0 aromatic rings. The van der Waals surface area contributed by atoms with Crippen molar-refractivity contribution in [3.63, 3.8) is 0 Å². The minimum atomic E-state index is -1.04. The van der Waals surface area contributed by atoms with Gasteiger partial charge in [-0.15, -0.1) is 11.8 Å². The van der Waals surface area contributed by atoms with Crippen LogP contribution in [0.3, 0.4) is 0 Å². The van der Waals surface area contributed by atoms with Crippen molar-refractivity contribution in [3.05, 3.63) is 0 Å². The minimum absolute atomic E-state index is 0.567. The lowest BCUT2D eigenvalue weighted by Crippen LogP contribution is -1.93. The number of rotatable bonds is 9. The van der Waals surface area contributed by atoms with Crippen LogP contribution in [-0.4, -0.2) is 11.1 Å². The zero-order valence-corrected chi connectivity index (χ0v) is 13.0. The largest absolute Gasteiger partial charge is 0.472 e. The fraction of sp³-hybridized carbons (Fsp3) is 0.722. The predicted octanol–water partition coefficient (Wildman–Crippen LogP) is 4.63. The third-order valence-corrected chi connectivity index (χ3v) is 3.25. The highest BCUT2D eigenvalue weighted by molar-refractivity contribution is 5.86. The number of carboxylic acid groups (broad SMARTS) is 1. The van der Waals surface area contributed by atoms with Crippen molar-refractivity contribution in [2.45, 2.75) is 78.1 Å². The van der Waals surface area contributed by atoms with Gasteiger partial charge in [0.15, 0.2) is 0 Å². The maximum absolute atomic E-state index is 10.2. The van der Waals surface area contributed by atoms with Gasteiger partial charge in [0.25, 0.3) is 0 Å². The van der Waals surface area contributed by atoms with Gasteiger partial charge in [-0.05, 0) is 25.2 Å². The Hall–Kier alpha value is -1.41. The van der Waals surface area contributed by atoms with E-state index in [1.807, 2.05) is 0 Å². The van der Waals surface area contributed by atoms with Crippen molar-refractivity contribution in [1.82, 2.24) is 0 Å². The average Bonchev–Trinajstić information content (AvgIpc) is 2.41. The molecule has 0 fully saturated rings. The van der Waals surface area contributed by atoms with E-state index in [0.29, 0.717) is 12.3 Å². The lowest BCUT2D eigenvalue weighted by atomic mass is 10.00. The van der Waals surface area contributed by atoms with Gasteiger partial charge in [0.05, 0.1) is 0 Å². The van der Waals surface area contributed by atoms with Crippen molar-refractivity contribution < 1.29 is 9.90 Å². The highest BCUT2D eigenvalue weighted by Crippen LogP contribution is 2.11. The molecule has 0 saturated carbocycles. The summed E-state index contributed by atoms with van der Waals surface area (Å²) in [5.74, 6) is 10.8. The summed E-state index contributed by atoms with van der Waals surface area (Å²) in [6.45, 7) is 4.41. The molecule has 1 atom stereocenters. The molecule has 0 aliphatic rings. The molecule has 0 rings (SSSR count). The molecule has 20 heavy (non-hydrogen) atoms. The number of unbranched alkanes of at least 4 members (excludes halogenated alkanes) is 5. The molecule has 2 heteroatoms. The Morgan fingerprint density at radius 1 is 0.950 bits per heavy atom. The van der Waals surface area contributed by atoms with E-state index in [9.17, 15) is 4.79 Å². The van der Waals surface area contributed by atoms with Gasteiger partial charge < -0.3 is 5.11 Å². The van der Waals surface area contributed by atoms with Crippen LogP contribution in [0.25, 0.3) is 0 Å². The van der Waals surface area contributed by atoms with Crippen LogP contribution in [0.4, 0.5) is 0 Å². The Morgan fingerprint density at radius 2 is 1.55 bits per heavy atom. The molecule has 0 amide bonds. The third-order valence-electron chi connectivity index (χ3n) is 3.25. The van der Waals surface area contributed by atoms with Crippen LogP contribution < -0.4 is 0 Å². The Balaban J connectivity index is 3.45. The van der Waals surface area contributed by atoms with Crippen LogP contribution in [0.1, 0.15) is 78.1 Å². The zero-order valence-electron chi connectivity index (χ0n) is 13.0. The molecule has 112 valence electrons. The van der Waals surface area contributed by atoms with Crippen LogP contribution >= 0.6 is 0 Å². The van der Waals surface area contributed by atoms with Crippen molar-refractivity contribution in [2.24, 2.45) is 5.92 Å². The van der Waals surface area contributed by atoms with Gasteiger partial charge >= 0.3 is 5.97 Å². The van der Waals surface area contributed by atoms with Crippen molar-refractivity contribution in [3.8, 4) is 23.7 Å². The molecule has 0 radical (unpaired) electrons. The SMILES string of the molecule is CCCCCCCC#CCC[C@@H](C)CCC#CC(=O)O. The Kier molecular flexibility index (Phi) is 13.0. The molecule has 2 nitrogen and oxygen atoms in total. The maximum atomic E-state index is 10.2. The van der Waals surface area contributed by atoms with E-state index in [1.165, 1.54) is 32.1 Å². The van der Waals surface area contributed by atoms with Crippen LogP contribution in [0.5, 0.6) is 0 Å². The summed E-state index contributed by atoms with van der Waals surface area (Å²) in [4.78, 5) is 10.2. The first-order valence-electron chi connectivity index (χ1n) is 7.84. The van der Waals surface area contributed by atoms with Gasteiger partial charge in [-0.1, -0.05) is 45.5 Å². The Bertz CT molecular complexity index is 362. The molecule has 0 aromatic carbocycles. The summed E-state index contributed by atoms with van der Waals surface area (Å²) in [5.41, 5.74) is 0. The van der Waals surface area contributed by atoms with E-state index in [4.69, 9.17) is 5.11 Å². The molecule has 0 aliphatic heterocycles. The average molecular weight is 276 g/mol. The van der Waals surface area contributed by atoms with Gasteiger partial charge in [-0.2, -0.15) is 0 Å². The van der Waals surface area contributed by atoms with Crippen LogP contribution in [0.2, 0.25) is 0 Å². The summed E-state index contributed by atoms with van der Waals surface area (Å²) in [6.07, 6.45) is 11.2. The molecule has 0 saturated heterocycles. The van der Waals surface area contributed by atoms with E-state index >= 15 is 0 Å². The van der Waals surface area contributed by atoms with Crippen molar-refractivity contribution >= 4 is 5.97 Å². The van der Waals surface area contributed by atoms with E-state index in [2.05, 4.69) is 37.5 Å². The maximum Gasteiger partial charge on any atom is 0.381 e. The summed E-state index contributed by atoms with van der Waals surface area (Å²) >= 11 is 0. The van der Waals surface area contributed by atoms with Gasteiger partial charge in [-0.3, -0.25) is 0 Å². The van der Waals surface area contributed by atoms with Crippen LogP contribution in [0.15, 0.2) is 0 Å². The second kappa shape index (κ2) is 14.0. The smallest absolute Gasteiger partial charge is 0.381 e. The number of hydrogen-bond donors (Lipinski definition) is 1. The lowest BCUT2D eigenvalue weighted by molar-refractivity contribution is -0.130. The minimum Gasteiger partial charge on any atom is -0.472 e. The molecule has 0 aromatic heterocycles. The second-order valence-electron chi connectivity index (χ2n) is 5.31. The summed E-state index contributed by atoms with van der Waals surface area (Å²) < 4.78 is 0. The third kappa shape index (κ3) is 14.7. The van der Waals surface area contributed by atoms with Gasteiger partial charge in [-0.25, -0.2) is 4.79 Å². The Labute approximate surface area is 124 Å². The first kappa shape index (κ1) is 18.6. The van der Waals surface area contributed by atoms with Crippen molar-refractivity contribution in [2.75, 3.05) is 0 Å². The molecule has 0 bridgehead atoms. The van der Waals surface area contributed by atoms with Crippen LogP contribution in [-0.2, 0) is 4.79 Å². The molecule has 1 N–H and O–H groups in total. The monoisotopic (exact) mass is 276 g/mol. The quantitative estimate of drug-likeness (QED) is 0.492. The number of carbonyl (C=O) groups is 1. The van der Waals surface area contributed by atoms with E-state index < -0.39 is 5.97 Å². The van der Waals surface area contributed by atoms with Crippen molar-refractivity contribution in [1.29, 1.82) is 0 Å². The summed E-state index contributed by atoms with van der Waals surface area (Å²) in [6, 6.07) is 0. The molecule has 0 aliphatic carbocycles. The first-order chi connectivity index (χ1) is 9.66. The molecule has 0 spiro atoms. The Morgan fingerprint density at radius 3 is 2.20 bits per heavy atom. The highest BCUT2D eigenvalue weighted by Gasteiger charge is 1.99. The van der Waals surface area contributed by atoms with E-state index in [0.717, 1.165) is 25.7 Å². The second-order valence-corrected chi connectivity index (χ2v) is 5.31. The first-order valence-corrected chi connectivity index (χ1v) is 7.84. The van der Waals surface area contributed by atoms with Crippen LogP contribution in [0, 0.1) is 29.6 Å². The van der Waals surface area contributed by atoms with Gasteiger partial charge in [0.1, 0.15) is 0 Å². The number of carboxylic acids is 1. The fourth-order valence-electron chi connectivity index (χ4n) is 1.91. The molecular weight excluding hydrogens is 248 g/mol. The number of hydrogen-bond acceptors (Lipinski definition) is 1. The summed E-state index contributed by atoms with van der Waals surface area (Å²) in [5, 5.41) is 8.38. The molecule has 0 unspecified atom stereocenters. The lowest BCUT2D eigenvalue weighted by Gasteiger charge is -2.05. The topological polar surface area (TPSA) is 37.3 Å². The van der Waals surface area contributed by atoms with E-state index in [1.54, 1.807) is 0 Å². The van der Waals surface area contributed by atoms with E-state index in [-0.39, 0.29) is 0 Å². The normalized spacial score (nSPS) is 10.9. The molecule has 0 heterocycles. The van der Waals surface area contributed by atoms with Gasteiger partial charge in [0, 0.05) is 25.2 Å². The highest BCUT2D eigenvalue weighted by atomic mass is 16.4. The zero-order chi connectivity index (χ0) is 15.1.